The lowest BCUT2D eigenvalue weighted by atomic mass is 10.0. The van der Waals surface area contributed by atoms with Gasteiger partial charge in [0.15, 0.2) is 5.78 Å². The lowest BCUT2D eigenvalue weighted by Crippen LogP contribution is -2.24. The van der Waals surface area contributed by atoms with E-state index in [1.165, 1.54) is 0 Å². The maximum atomic E-state index is 13.2. The van der Waals surface area contributed by atoms with E-state index in [1.54, 1.807) is 36.4 Å². The molecule has 0 spiro atoms. The van der Waals surface area contributed by atoms with Gasteiger partial charge in [-0.3, -0.25) is 4.79 Å². The zero-order valence-electron chi connectivity index (χ0n) is 23.4. The summed E-state index contributed by atoms with van der Waals surface area (Å²) in [5.41, 5.74) is 3.15. The minimum Gasteiger partial charge on any atom is -0.462 e. The van der Waals surface area contributed by atoms with Crippen molar-refractivity contribution < 1.29 is 23.9 Å². The summed E-state index contributed by atoms with van der Waals surface area (Å²) in [6.07, 6.45) is 3.53. The molecule has 0 aromatic heterocycles. The van der Waals surface area contributed by atoms with Crippen LogP contribution in [-0.4, -0.2) is 80.0 Å². The topological polar surface area (TPSA) is 76.1 Å². The van der Waals surface area contributed by atoms with E-state index in [0.717, 1.165) is 76.1 Å². The molecular formula is C31H42N2O5. The quantitative estimate of drug-likeness (QED) is 0.183. The fourth-order valence-electron chi connectivity index (χ4n) is 4.78. The minimum absolute atomic E-state index is 0.197. The average Bonchev–Trinajstić information content (AvgIpc) is 3.23. The summed E-state index contributed by atoms with van der Waals surface area (Å²) >= 11 is 0. The van der Waals surface area contributed by atoms with Crippen LogP contribution in [0.5, 0.6) is 0 Å². The maximum absolute atomic E-state index is 13.2. The number of benzene rings is 2. The van der Waals surface area contributed by atoms with Gasteiger partial charge in [-0.25, -0.2) is 9.59 Å². The molecule has 0 atom stereocenters. The van der Waals surface area contributed by atoms with Gasteiger partial charge in [0.25, 0.3) is 0 Å². The zero-order chi connectivity index (χ0) is 27.5. The third kappa shape index (κ3) is 7.51. The monoisotopic (exact) mass is 522 g/mol. The first kappa shape index (κ1) is 29.5. The second kappa shape index (κ2) is 14.8. The molecule has 0 saturated heterocycles. The number of hydrogen-bond donors (Lipinski definition) is 0. The maximum Gasteiger partial charge on any atom is 0.338 e. The molecule has 0 radical (unpaired) electrons. The predicted molar refractivity (Wildman–Crippen MR) is 150 cm³/mol. The molecule has 0 unspecified atom stereocenters. The van der Waals surface area contributed by atoms with Gasteiger partial charge >= 0.3 is 11.9 Å². The number of nitrogens with zero attached hydrogens (tertiary/aromatic N) is 2. The van der Waals surface area contributed by atoms with E-state index in [1.807, 2.05) is 0 Å². The highest BCUT2D eigenvalue weighted by Gasteiger charge is 2.29. The number of esters is 2. The smallest absolute Gasteiger partial charge is 0.338 e. The first-order valence-electron chi connectivity index (χ1n) is 14.0. The van der Waals surface area contributed by atoms with Crippen molar-refractivity contribution in [1.29, 1.82) is 0 Å². The van der Waals surface area contributed by atoms with E-state index in [2.05, 4.69) is 37.5 Å². The van der Waals surface area contributed by atoms with Crippen molar-refractivity contribution >= 4 is 17.7 Å². The fraction of sp³-hybridized carbons (Fsp3) is 0.516. The Kier molecular flexibility index (Phi) is 11.5. The molecule has 0 fully saturated rings. The molecule has 7 heteroatoms. The second-order valence-electron chi connectivity index (χ2n) is 9.59. The number of carbonyl (C=O) groups is 3. The molecule has 1 aliphatic rings. The summed E-state index contributed by atoms with van der Waals surface area (Å²) < 4.78 is 10.9. The Balaban J connectivity index is 1.54. The standard InChI is InChI=1S/C31H42N2O5/c1-5-32(6-2)17-9-11-19-37-30(35)23-13-15-25-26-16-14-24(22-28(26)29(34)27(25)21-23)31(36)38-20-12-10-18-33(7-3)8-4/h13-16,21-22H,5-12,17-20H2,1-4H3. The number of ether oxygens (including phenoxy) is 2. The largest absolute Gasteiger partial charge is 0.462 e. The number of fused-ring (bicyclic) bond motifs is 3. The van der Waals surface area contributed by atoms with Crippen LogP contribution in [0.4, 0.5) is 0 Å². The highest BCUT2D eigenvalue weighted by atomic mass is 16.5. The molecule has 0 heterocycles. The van der Waals surface area contributed by atoms with E-state index in [0.29, 0.717) is 35.5 Å². The van der Waals surface area contributed by atoms with Crippen LogP contribution >= 0.6 is 0 Å². The number of carbonyl (C=O) groups excluding carboxylic acids is 3. The number of rotatable bonds is 16. The van der Waals surface area contributed by atoms with Gasteiger partial charge in [0.2, 0.25) is 0 Å². The summed E-state index contributed by atoms with van der Waals surface area (Å²) in [7, 11) is 0. The molecule has 0 aliphatic heterocycles. The summed E-state index contributed by atoms with van der Waals surface area (Å²) in [6, 6.07) is 10.2. The first-order valence-corrected chi connectivity index (χ1v) is 14.0. The Hall–Kier alpha value is -3.03. The molecule has 206 valence electrons. The van der Waals surface area contributed by atoms with Gasteiger partial charge in [-0.15, -0.1) is 0 Å². The van der Waals surface area contributed by atoms with Gasteiger partial charge < -0.3 is 19.3 Å². The summed E-state index contributed by atoms with van der Waals surface area (Å²) in [6.45, 7) is 15.3. The second-order valence-corrected chi connectivity index (χ2v) is 9.59. The summed E-state index contributed by atoms with van der Waals surface area (Å²) in [4.78, 5) is 43.0. The predicted octanol–water partition coefficient (Wildman–Crippen LogP) is 5.46. The molecule has 38 heavy (non-hydrogen) atoms. The summed E-state index contributed by atoms with van der Waals surface area (Å²) in [5.74, 6) is -1.05. The van der Waals surface area contributed by atoms with Crippen LogP contribution in [-0.2, 0) is 9.47 Å². The first-order chi connectivity index (χ1) is 18.4. The Labute approximate surface area is 227 Å². The molecular weight excluding hydrogens is 480 g/mol. The molecule has 7 nitrogen and oxygen atoms in total. The van der Waals surface area contributed by atoms with Crippen molar-refractivity contribution in [1.82, 2.24) is 9.80 Å². The number of hydrogen-bond acceptors (Lipinski definition) is 7. The van der Waals surface area contributed by atoms with E-state index < -0.39 is 11.9 Å². The average molecular weight is 523 g/mol. The third-order valence-electron chi connectivity index (χ3n) is 7.28. The molecule has 0 amide bonds. The molecule has 2 aromatic rings. The number of ketones is 1. The van der Waals surface area contributed by atoms with E-state index in [4.69, 9.17) is 9.47 Å². The molecule has 0 N–H and O–H groups in total. The van der Waals surface area contributed by atoms with Gasteiger partial charge in [-0.1, -0.05) is 39.8 Å². The van der Waals surface area contributed by atoms with E-state index in [9.17, 15) is 14.4 Å². The minimum atomic E-state index is -0.426. The third-order valence-corrected chi connectivity index (χ3v) is 7.28. The van der Waals surface area contributed by atoms with Crippen LogP contribution in [0.25, 0.3) is 11.1 Å². The van der Waals surface area contributed by atoms with Crippen LogP contribution < -0.4 is 0 Å². The zero-order valence-corrected chi connectivity index (χ0v) is 23.4. The normalized spacial score (nSPS) is 12.1. The van der Waals surface area contributed by atoms with Gasteiger partial charge in [-0.05, 0) is 100 Å². The Morgan fingerprint density at radius 2 is 1.00 bits per heavy atom. The van der Waals surface area contributed by atoms with Crippen molar-refractivity contribution in [2.24, 2.45) is 0 Å². The van der Waals surface area contributed by atoms with Crippen LogP contribution in [0.3, 0.4) is 0 Å². The van der Waals surface area contributed by atoms with Crippen LogP contribution in [0.15, 0.2) is 36.4 Å². The Morgan fingerprint density at radius 3 is 1.37 bits per heavy atom. The Bertz CT molecular complexity index is 1020. The molecule has 0 bridgehead atoms. The molecule has 3 rings (SSSR count). The fourth-order valence-corrected chi connectivity index (χ4v) is 4.78. The van der Waals surface area contributed by atoms with Gasteiger partial charge in [-0.2, -0.15) is 0 Å². The lowest BCUT2D eigenvalue weighted by Gasteiger charge is -2.17. The van der Waals surface area contributed by atoms with Crippen molar-refractivity contribution in [2.75, 3.05) is 52.5 Å². The Morgan fingerprint density at radius 1 is 0.605 bits per heavy atom. The highest BCUT2D eigenvalue weighted by molar-refractivity contribution is 6.22. The van der Waals surface area contributed by atoms with Gasteiger partial charge in [0, 0.05) is 11.1 Å². The SMILES string of the molecule is CCN(CC)CCCCOC(=O)c1ccc2c(c1)C(=O)c1cc(C(=O)OCCCCN(CC)CC)ccc1-2. The van der Waals surface area contributed by atoms with Crippen LogP contribution in [0.1, 0.15) is 90.0 Å². The lowest BCUT2D eigenvalue weighted by molar-refractivity contribution is 0.0486. The molecule has 2 aromatic carbocycles. The van der Waals surface area contributed by atoms with Crippen molar-refractivity contribution in [3.05, 3.63) is 58.7 Å². The van der Waals surface area contributed by atoms with E-state index in [-0.39, 0.29) is 5.78 Å². The van der Waals surface area contributed by atoms with Gasteiger partial charge in [0.1, 0.15) is 0 Å². The molecule has 1 aliphatic carbocycles. The highest BCUT2D eigenvalue weighted by Crippen LogP contribution is 2.37. The van der Waals surface area contributed by atoms with Crippen molar-refractivity contribution in [3.63, 3.8) is 0 Å². The van der Waals surface area contributed by atoms with Crippen LogP contribution in [0, 0.1) is 0 Å². The van der Waals surface area contributed by atoms with Crippen LogP contribution in [0.2, 0.25) is 0 Å². The van der Waals surface area contributed by atoms with Crippen molar-refractivity contribution in [2.45, 2.75) is 53.4 Å². The molecule has 0 saturated carbocycles. The number of unbranched alkanes of at least 4 members (excludes halogenated alkanes) is 2. The summed E-state index contributed by atoms with van der Waals surface area (Å²) in [5, 5.41) is 0. The van der Waals surface area contributed by atoms with Gasteiger partial charge in [0.05, 0.1) is 24.3 Å². The van der Waals surface area contributed by atoms with Crippen molar-refractivity contribution in [3.8, 4) is 11.1 Å². The van der Waals surface area contributed by atoms with E-state index >= 15 is 0 Å².